The second-order valence-corrected chi connectivity index (χ2v) is 6.38. The first kappa shape index (κ1) is 18.7. The zero-order valence-electron chi connectivity index (χ0n) is 12.7. The molecule has 0 amide bonds. The first-order valence-corrected chi connectivity index (χ1v) is 8.17. The van der Waals surface area contributed by atoms with Crippen LogP contribution in [0.2, 0.25) is 0 Å². The van der Waals surface area contributed by atoms with Crippen molar-refractivity contribution in [1.82, 2.24) is 0 Å². The number of methoxy groups -OCH3 is 1. The van der Waals surface area contributed by atoms with E-state index in [1.807, 2.05) is 0 Å². The molecule has 0 unspecified atom stereocenters. The van der Waals surface area contributed by atoms with E-state index in [4.69, 9.17) is 9.88 Å². The number of rotatable bonds is 4. The number of primary sulfonamides is 1. The van der Waals surface area contributed by atoms with Crippen molar-refractivity contribution in [3.05, 3.63) is 53.6 Å². The van der Waals surface area contributed by atoms with Gasteiger partial charge in [-0.25, -0.2) is 18.4 Å². The molecule has 0 aliphatic carbocycles. The third kappa shape index (κ3) is 4.48. The Bertz CT molecular complexity index is 892. The van der Waals surface area contributed by atoms with Gasteiger partial charge in [0.2, 0.25) is 10.0 Å². The van der Waals surface area contributed by atoms with Crippen molar-refractivity contribution in [3.8, 4) is 11.5 Å². The lowest BCUT2D eigenvalue weighted by atomic mass is 10.1. The molecule has 134 valence electrons. The highest BCUT2D eigenvalue weighted by Gasteiger charge is 2.35. The Morgan fingerprint density at radius 3 is 2.16 bits per heavy atom. The fraction of sp³-hybridized carbons (Fsp3) is 0.133. The molecule has 0 saturated heterocycles. The molecule has 0 saturated carbocycles. The normalized spacial score (nSPS) is 11.9. The van der Waals surface area contributed by atoms with Crippen LogP contribution in [-0.4, -0.2) is 21.5 Å². The molecule has 2 aromatic carbocycles. The van der Waals surface area contributed by atoms with Gasteiger partial charge in [-0.2, -0.15) is 13.2 Å². The molecule has 0 fully saturated rings. The molecule has 0 aromatic heterocycles. The van der Waals surface area contributed by atoms with Gasteiger partial charge in [-0.1, -0.05) is 0 Å². The average Bonchev–Trinajstić information content (AvgIpc) is 2.53. The first-order valence-electron chi connectivity index (χ1n) is 6.62. The molecule has 0 aliphatic rings. The number of carbonyl (C=O) groups excluding carboxylic acids is 1. The largest absolute Gasteiger partial charge is 0.465 e. The van der Waals surface area contributed by atoms with Gasteiger partial charge in [-0.3, -0.25) is 0 Å². The van der Waals surface area contributed by atoms with Crippen LogP contribution in [0.5, 0.6) is 11.5 Å². The molecular weight excluding hydrogens is 363 g/mol. The minimum atomic E-state index is -4.78. The summed E-state index contributed by atoms with van der Waals surface area (Å²) in [7, 11) is -2.88. The quantitative estimate of drug-likeness (QED) is 0.829. The van der Waals surface area contributed by atoms with E-state index < -0.39 is 33.5 Å². The minimum absolute atomic E-state index is 0.0382. The molecule has 2 N–H and O–H groups in total. The summed E-state index contributed by atoms with van der Waals surface area (Å²) in [5.41, 5.74) is -1.46. The Balaban J connectivity index is 2.40. The van der Waals surface area contributed by atoms with Gasteiger partial charge in [0, 0.05) is 0 Å². The van der Waals surface area contributed by atoms with Crippen LogP contribution in [0.4, 0.5) is 13.2 Å². The smallest absolute Gasteiger partial charge is 0.420 e. The zero-order valence-corrected chi connectivity index (χ0v) is 13.5. The number of hydrogen-bond acceptors (Lipinski definition) is 5. The molecular formula is C15H12F3NO5S. The van der Waals surface area contributed by atoms with Crippen molar-refractivity contribution >= 4 is 16.0 Å². The van der Waals surface area contributed by atoms with Gasteiger partial charge in [0.25, 0.3) is 0 Å². The Morgan fingerprint density at radius 2 is 1.68 bits per heavy atom. The van der Waals surface area contributed by atoms with Crippen molar-refractivity contribution in [3.63, 3.8) is 0 Å². The maximum Gasteiger partial charge on any atom is 0.420 e. The summed E-state index contributed by atoms with van der Waals surface area (Å²) in [5.74, 6) is -1.51. The van der Waals surface area contributed by atoms with E-state index in [-0.39, 0.29) is 16.2 Å². The maximum absolute atomic E-state index is 13.2. The zero-order chi connectivity index (χ0) is 18.8. The van der Waals surface area contributed by atoms with Gasteiger partial charge >= 0.3 is 12.1 Å². The third-order valence-corrected chi connectivity index (χ3v) is 4.02. The Labute approximate surface area is 141 Å². The van der Waals surface area contributed by atoms with Crippen LogP contribution >= 0.6 is 0 Å². The van der Waals surface area contributed by atoms with Gasteiger partial charge in [0.1, 0.15) is 11.5 Å². The van der Waals surface area contributed by atoms with Crippen molar-refractivity contribution < 1.29 is 35.9 Å². The Hall–Kier alpha value is -2.59. The van der Waals surface area contributed by atoms with Crippen LogP contribution in [0.25, 0.3) is 0 Å². The molecule has 0 heterocycles. The number of ether oxygens (including phenoxy) is 2. The lowest BCUT2D eigenvalue weighted by Crippen LogP contribution is -2.12. The summed E-state index contributed by atoms with van der Waals surface area (Å²) in [6.07, 6.45) is -4.78. The average molecular weight is 375 g/mol. The van der Waals surface area contributed by atoms with Crippen molar-refractivity contribution in [1.29, 1.82) is 0 Å². The van der Waals surface area contributed by atoms with E-state index in [1.54, 1.807) is 0 Å². The van der Waals surface area contributed by atoms with Crippen LogP contribution in [0.3, 0.4) is 0 Å². The number of alkyl halides is 3. The summed E-state index contributed by atoms with van der Waals surface area (Å²) >= 11 is 0. The van der Waals surface area contributed by atoms with E-state index >= 15 is 0 Å². The van der Waals surface area contributed by atoms with E-state index in [9.17, 15) is 26.4 Å². The lowest BCUT2D eigenvalue weighted by Gasteiger charge is -2.15. The SMILES string of the molecule is COC(=O)c1ccc(Oc2ccc(S(N)(=O)=O)cc2)c(C(F)(F)F)c1. The van der Waals surface area contributed by atoms with Crippen molar-refractivity contribution in [2.45, 2.75) is 11.1 Å². The second kappa shape index (κ2) is 6.73. The summed E-state index contributed by atoms with van der Waals surface area (Å²) in [5, 5.41) is 4.94. The fourth-order valence-corrected chi connectivity index (χ4v) is 2.43. The van der Waals surface area contributed by atoms with E-state index in [2.05, 4.69) is 4.74 Å². The van der Waals surface area contributed by atoms with E-state index in [0.29, 0.717) is 6.07 Å². The summed E-state index contributed by atoms with van der Waals surface area (Å²) in [6, 6.07) is 7.22. The summed E-state index contributed by atoms with van der Waals surface area (Å²) in [6.45, 7) is 0. The number of halogens is 3. The molecule has 0 atom stereocenters. The van der Waals surface area contributed by atoms with Gasteiger partial charge in [0.05, 0.1) is 23.1 Å². The van der Waals surface area contributed by atoms with Crippen molar-refractivity contribution in [2.75, 3.05) is 7.11 Å². The highest BCUT2D eigenvalue weighted by Crippen LogP contribution is 2.39. The molecule has 25 heavy (non-hydrogen) atoms. The molecule has 0 bridgehead atoms. The highest BCUT2D eigenvalue weighted by atomic mass is 32.2. The predicted octanol–water partition coefficient (Wildman–Crippen LogP) is 2.93. The number of benzene rings is 2. The monoisotopic (exact) mass is 375 g/mol. The van der Waals surface area contributed by atoms with Gasteiger partial charge in [-0.05, 0) is 42.5 Å². The second-order valence-electron chi connectivity index (χ2n) is 4.82. The van der Waals surface area contributed by atoms with Gasteiger partial charge < -0.3 is 9.47 Å². The molecule has 10 heteroatoms. The number of esters is 1. The third-order valence-electron chi connectivity index (χ3n) is 3.09. The lowest BCUT2D eigenvalue weighted by molar-refractivity contribution is -0.138. The number of carbonyl (C=O) groups is 1. The van der Waals surface area contributed by atoms with Crippen LogP contribution in [0.15, 0.2) is 47.4 Å². The predicted molar refractivity (Wildman–Crippen MR) is 80.7 cm³/mol. The molecule has 0 spiro atoms. The Morgan fingerprint density at radius 1 is 1.08 bits per heavy atom. The molecule has 2 aromatic rings. The number of sulfonamides is 1. The topological polar surface area (TPSA) is 95.7 Å². The van der Waals surface area contributed by atoms with Crippen LogP contribution in [0, 0.1) is 0 Å². The maximum atomic E-state index is 13.2. The van der Waals surface area contributed by atoms with Crippen LogP contribution < -0.4 is 9.88 Å². The number of hydrogen-bond donors (Lipinski definition) is 1. The fourth-order valence-electron chi connectivity index (χ4n) is 1.91. The number of nitrogens with two attached hydrogens (primary N) is 1. The molecule has 2 rings (SSSR count). The van der Waals surface area contributed by atoms with Gasteiger partial charge in [-0.15, -0.1) is 0 Å². The van der Waals surface area contributed by atoms with E-state index in [1.165, 1.54) is 0 Å². The summed E-state index contributed by atoms with van der Waals surface area (Å²) < 4.78 is 71.5. The minimum Gasteiger partial charge on any atom is -0.465 e. The van der Waals surface area contributed by atoms with Gasteiger partial charge in [0.15, 0.2) is 0 Å². The van der Waals surface area contributed by atoms with E-state index in [0.717, 1.165) is 43.5 Å². The highest BCUT2D eigenvalue weighted by molar-refractivity contribution is 7.89. The van der Waals surface area contributed by atoms with Crippen LogP contribution in [-0.2, 0) is 20.9 Å². The van der Waals surface area contributed by atoms with Crippen molar-refractivity contribution in [2.24, 2.45) is 5.14 Å². The Kier molecular flexibility index (Phi) is 5.04. The van der Waals surface area contributed by atoms with Crippen LogP contribution in [0.1, 0.15) is 15.9 Å². The standard InChI is InChI=1S/C15H12F3NO5S/c1-23-14(20)9-2-7-13(12(8-9)15(16,17)18)24-10-3-5-11(6-4-10)25(19,21)22/h2-8H,1H3,(H2,19,21,22). The first-order chi connectivity index (χ1) is 11.5. The molecule has 0 radical (unpaired) electrons. The molecule has 6 nitrogen and oxygen atoms in total. The molecule has 0 aliphatic heterocycles. The summed E-state index contributed by atoms with van der Waals surface area (Å²) in [4.78, 5) is 11.2.